The van der Waals surface area contributed by atoms with Gasteiger partial charge in [-0.1, -0.05) is 0 Å². The second-order valence-corrected chi connectivity index (χ2v) is 3.20. The summed E-state index contributed by atoms with van der Waals surface area (Å²) in [4.78, 5) is 14.8. The molecule has 4 heteroatoms. The standard InChI is InChI=1S/C9H11N3O/c10-9(13)7-5-11-4-3-8(7)12-6-1-2-6/h3-6H,1-2H2,(H2,10,13)(H,11,12). The van der Waals surface area contributed by atoms with Crippen molar-refractivity contribution in [1.29, 1.82) is 0 Å². The van der Waals surface area contributed by atoms with Crippen molar-refractivity contribution in [3.63, 3.8) is 0 Å². The molecule has 1 fully saturated rings. The number of primary amides is 1. The number of aromatic nitrogens is 1. The van der Waals surface area contributed by atoms with Crippen LogP contribution in [0.1, 0.15) is 23.2 Å². The van der Waals surface area contributed by atoms with Gasteiger partial charge in [0.2, 0.25) is 0 Å². The molecule has 0 atom stereocenters. The van der Waals surface area contributed by atoms with E-state index in [1.807, 2.05) is 0 Å². The van der Waals surface area contributed by atoms with Gasteiger partial charge in [0.05, 0.1) is 11.3 Å². The Kier molecular flexibility index (Phi) is 1.88. The van der Waals surface area contributed by atoms with Crippen molar-refractivity contribution in [1.82, 2.24) is 4.98 Å². The van der Waals surface area contributed by atoms with E-state index in [4.69, 9.17) is 5.73 Å². The second kappa shape index (κ2) is 3.05. The maximum absolute atomic E-state index is 11.0. The summed E-state index contributed by atoms with van der Waals surface area (Å²) in [7, 11) is 0. The van der Waals surface area contributed by atoms with Crippen LogP contribution in [0, 0.1) is 0 Å². The maximum Gasteiger partial charge on any atom is 0.252 e. The van der Waals surface area contributed by atoms with Crippen LogP contribution in [-0.2, 0) is 0 Å². The molecule has 2 rings (SSSR count). The first kappa shape index (κ1) is 8.04. The lowest BCUT2D eigenvalue weighted by Gasteiger charge is -2.07. The van der Waals surface area contributed by atoms with E-state index in [1.54, 1.807) is 12.3 Å². The van der Waals surface area contributed by atoms with Gasteiger partial charge >= 0.3 is 0 Å². The van der Waals surface area contributed by atoms with Crippen LogP contribution in [0.15, 0.2) is 18.5 Å². The van der Waals surface area contributed by atoms with Crippen molar-refractivity contribution in [3.05, 3.63) is 24.0 Å². The molecule has 0 aromatic carbocycles. The number of nitrogens with two attached hydrogens (primary N) is 1. The summed E-state index contributed by atoms with van der Waals surface area (Å²) in [5.41, 5.74) is 6.46. The van der Waals surface area contributed by atoms with Gasteiger partial charge in [-0.3, -0.25) is 9.78 Å². The number of nitrogens with zero attached hydrogens (tertiary/aromatic N) is 1. The topological polar surface area (TPSA) is 68.0 Å². The molecule has 0 saturated heterocycles. The summed E-state index contributed by atoms with van der Waals surface area (Å²) in [5.74, 6) is -0.434. The number of carbonyl (C=O) groups is 1. The number of amides is 1. The molecule has 1 heterocycles. The summed E-state index contributed by atoms with van der Waals surface area (Å²) in [6.07, 6.45) is 5.48. The van der Waals surface area contributed by atoms with Gasteiger partial charge < -0.3 is 11.1 Å². The number of anilines is 1. The monoisotopic (exact) mass is 177 g/mol. The molecule has 1 aliphatic carbocycles. The molecule has 0 radical (unpaired) electrons. The first-order chi connectivity index (χ1) is 6.27. The first-order valence-electron chi connectivity index (χ1n) is 4.28. The Hall–Kier alpha value is -1.58. The van der Waals surface area contributed by atoms with E-state index in [0.29, 0.717) is 11.6 Å². The first-order valence-corrected chi connectivity index (χ1v) is 4.28. The molecule has 0 unspecified atom stereocenters. The summed E-state index contributed by atoms with van der Waals surface area (Å²) in [5, 5.41) is 3.22. The van der Waals surface area contributed by atoms with E-state index in [1.165, 1.54) is 19.0 Å². The predicted molar refractivity (Wildman–Crippen MR) is 49.4 cm³/mol. The normalized spacial score (nSPS) is 15.4. The smallest absolute Gasteiger partial charge is 0.252 e. The van der Waals surface area contributed by atoms with Gasteiger partial charge in [0.1, 0.15) is 0 Å². The van der Waals surface area contributed by atoms with Crippen molar-refractivity contribution < 1.29 is 4.79 Å². The molecule has 1 aromatic rings. The fraction of sp³-hybridized carbons (Fsp3) is 0.333. The van der Waals surface area contributed by atoms with Crippen LogP contribution in [0.3, 0.4) is 0 Å². The van der Waals surface area contributed by atoms with Gasteiger partial charge in [0, 0.05) is 18.4 Å². The Balaban J connectivity index is 2.25. The lowest BCUT2D eigenvalue weighted by atomic mass is 10.2. The van der Waals surface area contributed by atoms with Crippen LogP contribution in [0.25, 0.3) is 0 Å². The highest BCUT2D eigenvalue weighted by Gasteiger charge is 2.22. The molecule has 1 aliphatic rings. The summed E-state index contributed by atoms with van der Waals surface area (Å²) in [6, 6.07) is 2.29. The van der Waals surface area contributed by atoms with Gasteiger partial charge in [-0.25, -0.2) is 0 Å². The Morgan fingerprint density at radius 3 is 3.00 bits per heavy atom. The minimum atomic E-state index is -0.434. The zero-order valence-corrected chi connectivity index (χ0v) is 7.16. The Morgan fingerprint density at radius 1 is 1.62 bits per heavy atom. The van der Waals surface area contributed by atoms with Gasteiger partial charge in [-0.05, 0) is 18.9 Å². The minimum Gasteiger partial charge on any atom is -0.382 e. The zero-order chi connectivity index (χ0) is 9.26. The molecule has 1 saturated carbocycles. The van der Waals surface area contributed by atoms with Crippen LogP contribution in [0.4, 0.5) is 5.69 Å². The molecule has 0 aliphatic heterocycles. The average Bonchev–Trinajstić information content (AvgIpc) is 2.89. The van der Waals surface area contributed by atoms with Gasteiger partial charge in [-0.15, -0.1) is 0 Å². The Bertz CT molecular complexity index is 333. The number of hydrogen-bond donors (Lipinski definition) is 2. The van der Waals surface area contributed by atoms with Crippen molar-refractivity contribution in [2.75, 3.05) is 5.32 Å². The molecule has 0 spiro atoms. The maximum atomic E-state index is 11.0. The third-order valence-corrected chi connectivity index (χ3v) is 2.02. The number of hydrogen-bond acceptors (Lipinski definition) is 3. The van der Waals surface area contributed by atoms with Gasteiger partial charge in [0.25, 0.3) is 5.91 Å². The number of nitrogens with one attached hydrogen (secondary N) is 1. The van der Waals surface area contributed by atoms with Gasteiger partial charge in [-0.2, -0.15) is 0 Å². The summed E-state index contributed by atoms with van der Waals surface area (Å²) in [6.45, 7) is 0. The third kappa shape index (κ3) is 1.77. The Morgan fingerprint density at radius 2 is 2.38 bits per heavy atom. The van der Waals surface area contributed by atoms with E-state index in [2.05, 4.69) is 10.3 Å². The van der Waals surface area contributed by atoms with Gasteiger partial charge in [0.15, 0.2) is 0 Å². The quantitative estimate of drug-likeness (QED) is 0.716. The van der Waals surface area contributed by atoms with Crippen LogP contribution >= 0.6 is 0 Å². The van der Waals surface area contributed by atoms with Crippen LogP contribution in [0.2, 0.25) is 0 Å². The molecule has 3 N–H and O–H groups in total. The van der Waals surface area contributed by atoms with E-state index in [9.17, 15) is 4.79 Å². The van der Waals surface area contributed by atoms with Crippen molar-refractivity contribution in [2.24, 2.45) is 5.73 Å². The minimum absolute atomic E-state index is 0.434. The van der Waals surface area contributed by atoms with Crippen LogP contribution < -0.4 is 11.1 Å². The van der Waals surface area contributed by atoms with Crippen LogP contribution in [-0.4, -0.2) is 16.9 Å². The van der Waals surface area contributed by atoms with Crippen molar-refractivity contribution >= 4 is 11.6 Å². The summed E-state index contributed by atoms with van der Waals surface area (Å²) >= 11 is 0. The zero-order valence-electron chi connectivity index (χ0n) is 7.16. The molecule has 0 bridgehead atoms. The Labute approximate surface area is 76.2 Å². The number of carbonyl (C=O) groups excluding carboxylic acids is 1. The van der Waals surface area contributed by atoms with E-state index >= 15 is 0 Å². The highest BCUT2D eigenvalue weighted by molar-refractivity contribution is 5.98. The highest BCUT2D eigenvalue weighted by atomic mass is 16.1. The lowest BCUT2D eigenvalue weighted by Crippen LogP contribution is -2.15. The summed E-state index contributed by atoms with van der Waals surface area (Å²) < 4.78 is 0. The fourth-order valence-corrected chi connectivity index (χ4v) is 1.16. The predicted octanol–water partition coefficient (Wildman–Crippen LogP) is 0.755. The van der Waals surface area contributed by atoms with E-state index in [-0.39, 0.29) is 0 Å². The second-order valence-electron chi connectivity index (χ2n) is 3.20. The molecule has 68 valence electrons. The molecular formula is C9H11N3O. The third-order valence-electron chi connectivity index (χ3n) is 2.02. The molecular weight excluding hydrogens is 166 g/mol. The molecule has 1 amide bonds. The van der Waals surface area contributed by atoms with Crippen LogP contribution in [0.5, 0.6) is 0 Å². The van der Waals surface area contributed by atoms with E-state index < -0.39 is 5.91 Å². The highest BCUT2D eigenvalue weighted by Crippen LogP contribution is 2.25. The van der Waals surface area contributed by atoms with Crippen molar-refractivity contribution in [2.45, 2.75) is 18.9 Å². The SMILES string of the molecule is NC(=O)c1cnccc1NC1CC1. The lowest BCUT2D eigenvalue weighted by molar-refractivity contribution is 0.100. The van der Waals surface area contributed by atoms with Crippen molar-refractivity contribution in [3.8, 4) is 0 Å². The van der Waals surface area contributed by atoms with E-state index in [0.717, 1.165) is 5.69 Å². The average molecular weight is 177 g/mol. The largest absolute Gasteiger partial charge is 0.382 e. The molecule has 4 nitrogen and oxygen atoms in total. The molecule has 1 aromatic heterocycles. The fourth-order valence-electron chi connectivity index (χ4n) is 1.16. The molecule has 13 heavy (non-hydrogen) atoms. The number of pyridine rings is 1. The number of rotatable bonds is 3.